The van der Waals surface area contributed by atoms with Gasteiger partial charge in [0.2, 0.25) is 0 Å². The van der Waals surface area contributed by atoms with Crippen molar-refractivity contribution in [1.29, 1.82) is 0 Å². The summed E-state index contributed by atoms with van der Waals surface area (Å²) in [5.41, 5.74) is 3.45. The molecule has 0 radical (unpaired) electrons. The van der Waals surface area contributed by atoms with Crippen molar-refractivity contribution in [3.63, 3.8) is 0 Å². The van der Waals surface area contributed by atoms with Crippen molar-refractivity contribution in [2.75, 3.05) is 4.90 Å². The summed E-state index contributed by atoms with van der Waals surface area (Å²) in [6, 6.07) is 20.7. The molecule has 0 saturated carbocycles. The Morgan fingerprint density at radius 1 is 0.889 bits per heavy atom. The summed E-state index contributed by atoms with van der Waals surface area (Å²) in [7, 11) is 0. The number of anilines is 2. The highest BCUT2D eigenvalue weighted by molar-refractivity contribution is 5.68. The second kappa shape index (κ2) is 5.87. The number of rotatable bonds is 4. The van der Waals surface area contributed by atoms with Crippen LogP contribution in [0, 0.1) is 0 Å². The minimum absolute atomic E-state index is 1.14. The zero-order valence-electron chi connectivity index (χ0n) is 10.6. The van der Waals surface area contributed by atoms with Gasteiger partial charge in [-0.3, -0.25) is 0 Å². The lowest BCUT2D eigenvalue weighted by molar-refractivity contribution is 1.16. The molecule has 0 atom stereocenters. The van der Waals surface area contributed by atoms with Crippen LogP contribution in [0.15, 0.2) is 85.1 Å². The average Bonchev–Trinajstić information content (AvgIpc) is 2.42. The molecule has 0 amide bonds. The minimum Gasteiger partial charge on any atom is -0.315 e. The molecule has 0 fully saturated rings. The van der Waals surface area contributed by atoms with Gasteiger partial charge in [-0.15, -0.1) is 0 Å². The molecule has 2 aromatic carbocycles. The molecule has 0 aliphatic heterocycles. The summed E-state index contributed by atoms with van der Waals surface area (Å²) in [5, 5.41) is 0. The Kier molecular flexibility index (Phi) is 3.98. The summed E-state index contributed by atoms with van der Waals surface area (Å²) >= 11 is 0. The van der Waals surface area contributed by atoms with Crippen LogP contribution in [0.2, 0.25) is 0 Å². The average molecular weight is 235 g/mol. The Hall–Kier alpha value is -2.28. The zero-order chi connectivity index (χ0) is 12.8. The number of benzene rings is 2. The number of hydrogen-bond donors (Lipinski definition) is 0. The standard InChI is InChI=1S/C17H17N/c1-3-10-15(2)18(16-11-6-4-7-12-16)17-13-8-5-9-14-17/h3-14H,1H2,2H3/b15-10+. The second-order valence-electron chi connectivity index (χ2n) is 4.05. The van der Waals surface area contributed by atoms with Crippen molar-refractivity contribution in [3.8, 4) is 0 Å². The number of para-hydroxylation sites is 2. The molecule has 90 valence electrons. The van der Waals surface area contributed by atoms with Gasteiger partial charge in [-0.1, -0.05) is 49.1 Å². The van der Waals surface area contributed by atoms with Crippen LogP contribution in [-0.2, 0) is 0 Å². The van der Waals surface area contributed by atoms with Gasteiger partial charge in [0.15, 0.2) is 0 Å². The molecular formula is C17H17N. The van der Waals surface area contributed by atoms with E-state index in [1.165, 1.54) is 0 Å². The lowest BCUT2D eigenvalue weighted by Crippen LogP contribution is -2.13. The molecular weight excluding hydrogens is 218 g/mol. The Balaban J connectivity index is 2.48. The Morgan fingerprint density at radius 3 is 1.72 bits per heavy atom. The van der Waals surface area contributed by atoms with Crippen LogP contribution in [-0.4, -0.2) is 0 Å². The van der Waals surface area contributed by atoms with Gasteiger partial charge < -0.3 is 4.90 Å². The molecule has 0 bridgehead atoms. The van der Waals surface area contributed by atoms with E-state index in [1.807, 2.05) is 48.6 Å². The third-order valence-corrected chi connectivity index (χ3v) is 2.74. The highest BCUT2D eigenvalue weighted by Crippen LogP contribution is 2.28. The first-order valence-corrected chi connectivity index (χ1v) is 6.02. The molecule has 1 nitrogen and oxygen atoms in total. The summed E-state index contributed by atoms with van der Waals surface area (Å²) in [4.78, 5) is 2.21. The third-order valence-electron chi connectivity index (χ3n) is 2.74. The van der Waals surface area contributed by atoms with Gasteiger partial charge in [-0.05, 0) is 37.3 Å². The molecule has 2 aromatic rings. The molecule has 0 unspecified atom stereocenters. The molecule has 0 saturated heterocycles. The van der Waals surface area contributed by atoms with E-state index >= 15 is 0 Å². The zero-order valence-corrected chi connectivity index (χ0v) is 10.6. The Labute approximate surface area is 109 Å². The van der Waals surface area contributed by atoms with E-state index < -0.39 is 0 Å². The van der Waals surface area contributed by atoms with E-state index in [0.29, 0.717) is 0 Å². The predicted octanol–water partition coefficient (Wildman–Crippen LogP) is 4.91. The molecule has 0 aliphatic rings. The maximum Gasteiger partial charge on any atom is 0.0458 e. The van der Waals surface area contributed by atoms with Crippen LogP contribution in [0.25, 0.3) is 0 Å². The molecule has 1 heteroatoms. The summed E-state index contributed by atoms with van der Waals surface area (Å²) in [5.74, 6) is 0. The van der Waals surface area contributed by atoms with E-state index in [0.717, 1.165) is 17.1 Å². The van der Waals surface area contributed by atoms with E-state index in [1.54, 1.807) is 0 Å². The van der Waals surface area contributed by atoms with Crippen LogP contribution >= 0.6 is 0 Å². The number of nitrogens with zero attached hydrogens (tertiary/aromatic N) is 1. The van der Waals surface area contributed by atoms with Gasteiger partial charge in [0.05, 0.1) is 0 Å². The van der Waals surface area contributed by atoms with E-state index in [-0.39, 0.29) is 0 Å². The molecule has 18 heavy (non-hydrogen) atoms. The van der Waals surface area contributed by atoms with Crippen molar-refractivity contribution in [3.05, 3.63) is 85.1 Å². The van der Waals surface area contributed by atoms with Crippen molar-refractivity contribution >= 4 is 11.4 Å². The van der Waals surface area contributed by atoms with Crippen LogP contribution in [0.3, 0.4) is 0 Å². The summed E-state index contributed by atoms with van der Waals surface area (Å²) in [6.07, 6.45) is 3.83. The van der Waals surface area contributed by atoms with Gasteiger partial charge in [0.1, 0.15) is 0 Å². The predicted molar refractivity (Wildman–Crippen MR) is 79.0 cm³/mol. The van der Waals surface area contributed by atoms with Crippen LogP contribution in [0.1, 0.15) is 6.92 Å². The maximum atomic E-state index is 3.77. The number of hydrogen-bond acceptors (Lipinski definition) is 1. The molecule has 0 aromatic heterocycles. The quantitative estimate of drug-likeness (QED) is 0.680. The van der Waals surface area contributed by atoms with Gasteiger partial charge in [0, 0.05) is 17.1 Å². The largest absolute Gasteiger partial charge is 0.315 e. The van der Waals surface area contributed by atoms with Gasteiger partial charge in [0.25, 0.3) is 0 Å². The molecule has 0 aliphatic carbocycles. The molecule has 0 N–H and O–H groups in total. The SMILES string of the molecule is C=C/C=C(\C)N(c1ccccc1)c1ccccc1. The van der Waals surface area contributed by atoms with Gasteiger partial charge in [-0.2, -0.15) is 0 Å². The molecule has 2 rings (SSSR count). The highest BCUT2D eigenvalue weighted by Gasteiger charge is 2.09. The third kappa shape index (κ3) is 2.69. The van der Waals surface area contributed by atoms with Crippen molar-refractivity contribution in [2.24, 2.45) is 0 Å². The lowest BCUT2D eigenvalue weighted by Gasteiger charge is -2.25. The fraction of sp³-hybridized carbons (Fsp3) is 0.0588. The van der Waals surface area contributed by atoms with Gasteiger partial charge >= 0.3 is 0 Å². The Morgan fingerprint density at radius 2 is 1.33 bits per heavy atom. The topological polar surface area (TPSA) is 3.24 Å². The second-order valence-corrected chi connectivity index (χ2v) is 4.05. The van der Waals surface area contributed by atoms with Crippen molar-refractivity contribution < 1.29 is 0 Å². The van der Waals surface area contributed by atoms with E-state index in [2.05, 4.69) is 42.7 Å². The first-order valence-electron chi connectivity index (χ1n) is 6.02. The monoisotopic (exact) mass is 235 g/mol. The summed E-state index contributed by atoms with van der Waals surface area (Å²) < 4.78 is 0. The van der Waals surface area contributed by atoms with Crippen LogP contribution in [0.4, 0.5) is 11.4 Å². The number of allylic oxidation sites excluding steroid dienone is 3. The molecule has 0 heterocycles. The fourth-order valence-electron chi connectivity index (χ4n) is 1.96. The highest BCUT2D eigenvalue weighted by atomic mass is 15.1. The van der Waals surface area contributed by atoms with E-state index in [9.17, 15) is 0 Å². The van der Waals surface area contributed by atoms with E-state index in [4.69, 9.17) is 0 Å². The van der Waals surface area contributed by atoms with Gasteiger partial charge in [-0.25, -0.2) is 0 Å². The smallest absolute Gasteiger partial charge is 0.0458 e. The Bertz CT molecular complexity index is 487. The first kappa shape index (κ1) is 12.2. The van der Waals surface area contributed by atoms with Crippen LogP contribution < -0.4 is 4.90 Å². The summed E-state index contributed by atoms with van der Waals surface area (Å²) in [6.45, 7) is 5.85. The maximum absolute atomic E-state index is 3.77. The van der Waals surface area contributed by atoms with Crippen molar-refractivity contribution in [1.82, 2.24) is 0 Å². The molecule has 0 spiro atoms. The first-order chi connectivity index (χ1) is 8.83. The lowest BCUT2D eigenvalue weighted by atomic mass is 10.2. The van der Waals surface area contributed by atoms with Crippen molar-refractivity contribution in [2.45, 2.75) is 6.92 Å². The minimum atomic E-state index is 1.14. The van der Waals surface area contributed by atoms with Crippen LogP contribution in [0.5, 0.6) is 0 Å². The normalized spacial score (nSPS) is 11.1. The fourth-order valence-corrected chi connectivity index (χ4v) is 1.96.